The van der Waals surface area contributed by atoms with Crippen LogP contribution in [0.5, 0.6) is 0 Å². The first-order valence-corrected chi connectivity index (χ1v) is 11.2. The van der Waals surface area contributed by atoms with Crippen LogP contribution in [0.4, 0.5) is 5.69 Å². The highest BCUT2D eigenvalue weighted by Crippen LogP contribution is 2.64. The van der Waals surface area contributed by atoms with E-state index in [-0.39, 0.29) is 28.5 Å². The molecule has 1 heterocycles. The van der Waals surface area contributed by atoms with Crippen LogP contribution in [0.15, 0.2) is 66.7 Å². The molecule has 0 N–H and O–H groups in total. The van der Waals surface area contributed by atoms with Gasteiger partial charge in [0.25, 0.3) is 0 Å². The Morgan fingerprint density at radius 2 is 1.44 bits per heavy atom. The maximum atomic E-state index is 13.9. The quantitative estimate of drug-likeness (QED) is 0.496. The molecule has 1 fully saturated rings. The summed E-state index contributed by atoms with van der Waals surface area (Å²) in [5.41, 5.74) is 2.71. The Balaban J connectivity index is 1.66. The number of rotatable bonds is 2. The van der Waals surface area contributed by atoms with E-state index < -0.39 is 17.3 Å². The Hall–Kier alpha value is -2.95. The summed E-state index contributed by atoms with van der Waals surface area (Å²) < 4.78 is 0. The molecule has 0 spiro atoms. The number of hydrogen-bond donors (Lipinski definition) is 0. The van der Waals surface area contributed by atoms with Gasteiger partial charge in [0.2, 0.25) is 11.8 Å². The number of ketones is 1. The standard InChI is InChI=1S/C26H17Cl2NO3/c1-13(30)26-17-8-4-2-6-15(17)21(16-7-3-5-9-18(16)26)22-23(26)25(32)29(24(22)31)14-10-11-19(27)20(28)12-14/h2-12,21-23H,1H3/t21?,22-,23-,26?/m0/s1. The van der Waals surface area contributed by atoms with Crippen molar-refractivity contribution in [1.29, 1.82) is 0 Å². The molecule has 3 aromatic rings. The molecule has 6 heteroatoms. The fourth-order valence-electron chi connectivity index (χ4n) is 6.25. The summed E-state index contributed by atoms with van der Waals surface area (Å²) in [5, 5.41) is 0.600. The molecule has 0 aromatic heterocycles. The molecular formula is C26H17Cl2NO3. The van der Waals surface area contributed by atoms with Gasteiger partial charge in [-0.25, -0.2) is 4.90 Å². The first-order valence-electron chi connectivity index (χ1n) is 10.4. The predicted molar refractivity (Wildman–Crippen MR) is 122 cm³/mol. The summed E-state index contributed by atoms with van der Waals surface area (Å²) in [6.45, 7) is 1.52. The third-order valence-electron chi connectivity index (χ3n) is 7.33. The van der Waals surface area contributed by atoms with E-state index in [1.807, 2.05) is 48.5 Å². The zero-order valence-electron chi connectivity index (χ0n) is 17.0. The lowest BCUT2D eigenvalue weighted by molar-refractivity contribution is -0.132. The molecule has 1 saturated heterocycles. The summed E-state index contributed by atoms with van der Waals surface area (Å²) in [5.74, 6) is -2.58. The van der Waals surface area contributed by atoms with E-state index in [2.05, 4.69) is 0 Å². The number of halogens is 2. The summed E-state index contributed by atoms with van der Waals surface area (Å²) in [6.07, 6.45) is 0. The molecule has 3 aliphatic carbocycles. The highest BCUT2D eigenvalue weighted by Gasteiger charge is 2.69. The van der Waals surface area contributed by atoms with E-state index in [1.54, 1.807) is 12.1 Å². The van der Waals surface area contributed by atoms with Gasteiger partial charge in [0.15, 0.2) is 0 Å². The molecule has 0 radical (unpaired) electrons. The molecule has 2 amide bonds. The number of Topliss-reactive ketones (excluding diaryl/α,β-unsaturated/α-hetero) is 1. The predicted octanol–water partition coefficient (Wildman–Crippen LogP) is 5.13. The lowest BCUT2D eigenvalue weighted by atomic mass is 9.46. The molecule has 7 rings (SSSR count). The molecule has 4 aliphatic rings. The number of carbonyl (C=O) groups excluding carboxylic acids is 3. The van der Waals surface area contributed by atoms with Gasteiger partial charge >= 0.3 is 0 Å². The van der Waals surface area contributed by atoms with Crippen molar-refractivity contribution in [2.24, 2.45) is 11.8 Å². The van der Waals surface area contributed by atoms with Crippen molar-refractivity contribution in [2.45, 2.75) is 18.3 Å². The number of hydrogen-bond acceptors (Lipinski definition) is 3. The van der Waals surface area contributed by atoms with Gasteiger partial charge in [0.1, 0.15) is 5.78 Å². The van der Waals surface area contributed by atoms with Crippen LogP contribution in [-0.4, -0.2) is 17.6 Å². The van der Waals surface area contributed by atoms with E-state index >= 15 is 0 Å². The van der Waals surface area contributed by atoms with Gasteiger partial charge in [0.05, 0.1) is 33.0 Å². The molecule has 2 bridgehead atoms. The topological polar surface area (TPSA) is 54.5 Å². The Kier molecular flexibility index (Phi) is 4.02. The molecule has 32 heavy (non-hydrogen) atoms. The maximum absolute atomic E-state index is 13.9. The molecule has 2 atom stereocenters. The van der Waals surface area contributed by atoms with E-state index in [9.17, 15) is 14.4 Å². The van der Waals surface area contributed by atoms with E-state index in [0.717, 1.165) is 22.3 Å². The lowest BCUT2D eigenvalue weighted by Gasteiger charge is -2.52. The van der Waals surface area contributed by atoms with Gasteiger partial charge in [-0.15, -0.1) is 0 Å². The second-order valence-electron chi connectivity index (χ2n) is 8.63. The number of benzene rings is 3. The summed E-state index contributed by atoms with van der Waals surface area (Å²) >= 11 is 12.3. The van der Waals surface area contributed by atoms with Crippen LogP contribution in [0.3, 0.4) is 0 Å². The smallest absolute Gasteiger partial charge is 0.239 e. The molecule has 0 saturated carbocycles. The minimum absolute atomic E-state index is 0.136. The van der Waals surface area contributed by atoms with Crippen LogP contribution < -0.4 is 4.90 Å². The number of amides is 2. The highest BCUT2D eigenvalue weighted by molar-refractivity contribution is 6.42. The summed E-state index contributed by atoms with van der Waals surface area (Å²) in [6, 6.07) is 20.1. The second kappa shape index (κ2) is 6.53. The fraction of sp³-hybridized carbons (Fsp3) is 0.192. The normalized spacial score (nSPS) is 27.2. The first kappa shape index (κ1) is 19.7. The van der Waals surface area contributed by atoms with Crippen molar-refractivity contribution in [3.8, 4) is 0 Å². The average molecular weight is 462 g/mol. The van der Waals surface area contributed by atoms with Crippen molar-refractivity contribution < 1.29 is 14.4 Å². The van der Waals surface area contributed by atoms with Gasteiger partial charge in [-0.05, 0) is 47.4 Å². The van der Waals surface area contributed by atoms with Crippen LogP contribution in [0.2, 0.25) is 10.0 Å². The molecule has 1 aliphatic heterocycles. The zero-order valence-corrected chi connectivity index (χ0v) is 18.5. The first-order chi connectivity index (χ1) is 15.4. The summed E-state index contributed by atoms with van der Waals surface area (Å²) in [4.78, 5) is 42.5. The summed E-state index contributed by atoms with van der Waals surface area (Å²) in [7, 11) is 0. The van der Waals surface area contributed by atoms with E-state index in [1.165, 1.54) is 17.9 Å². The monoisotopic (exact) mass is 461 g/mol. The molecule has 4 nitrogen and oxygen atoms in total. The van der Waals surface area contributed by atoms with Crippen LogP contribution in [0.25, 0.3) is 0 Å². The van der Waals surface area contributed by atoms with Gasteiger partial charge in [0, 0.05) is 5.92 Å². The number of imide groups is 1. The van der Waals surface area contributed by atoms with Gasteiger partial charge in [-0.2, -0.15) is 0 Å². The highest BCUT2D eigenvalue weighted by atomic mass is 35.5. The minimum Gasteiger partial charge on any atom is -0.299 e. The molecule has 0 unspecified atom stereocenters. The van der Waals surface area contributed by atoms with E-state index in [0.29, 0.717) is 10.7 Å². The number of nitrogens with zero attached hydrogens (tertiary/aromatic N) is 1. The molecular weight excluding hydrogens is 445 g/mol. The molecule has 3 aromatic carbocycles. The third-order valence-corrected chi connectivity index (χ3v) is 8.07. The maximum Gasteiger partial charge on any atom is 0.239 e. The lowest BCUT2D eigenvalue weighted by Crippen LogP contribution is -2.57. The van der Waals surface area contributed by atoms with E-state index in [4.69, 9.17) is 23.2 Å². The van der Waals surface area contributed by atoms with Crippen molar-refractivity contribution in [3.05, 3.63) is 99.0 Å². The Bertz CT molecular complexity index is 1320. The van der Waals surface area contributed by atoms with Crippen LogP contribution in [-0.2, 0) is 19.8 Å². The average Bonchev–Trinajstić information content (AvgIpc) is 3.06. The SMILES string of the molecule is CC(=O)C12c3ccccc3C(c3ccccc31)[C@@H]1C(=O)N(c3ccc(Cl)c(Cl)c3)C(=O)[C@H]12. The van der Waals surface area contributed by atoms with Crippen molar-refractivity contribution >= 4 is 46.5 Å². The largest absolute Gasteiger partial charge is 0.299 e. The third kappa shape index (κ3) is 2.17. The zero-order chi connectivity index (χ0) is 22.4. The second-order valence-corrected chi connectivity index (χ2v) is 9.44. The van der Waals surface area contributed by atoms with Crippen molar-refractivity contribution in [1.82, 2.24) is 0 Å². The van der Waals surface area contributed by atoms with Gasteiger partial charge < -0.3 is 0 Å². The Morgan fingerprint density at radius 1 is 0.844 bits per heavy atom. The van der Waals surface area contributed by atoms with Crippen LogP contribution >= 0.6 is 23.2 Å². The van der Waals surface area contributed by atoms with Gasteiger partial charge in [-0.1, -0.05) is 71.7 Å². The van der Waals surface area contributed by atoms with Crippen molar-refractivity contribution in [2.75, 3.05) is 4.90 Å². The molecule has 158 valence electrons. The van der Waals surface area contributed by atoms with Gasteiger partial charge in [-0.3, -0.25) is 14.4 Å². The Morgan fingerprint density at radius 3 is 2.00 bits per heavy atom. The fourth-order valence-corrected chi connectivity index (χ4v) is 6.54. The van der Waals surface area contributed by atoms with Crippen molar-refractivity contribution in [3.63, 3.8) is 0 Å². The number of anilines is 1. The number of carbonyl (C=O) groups is 3. The Labute approximate surface area is 194 Å². The minimum atomic E-state index is -1.20. The van der Waals surface area contributed by atoms with Crippen LogP contribution in [0.1, 0.15) is 35.1 Å². The van der Waals surface area contributed by atoms with Crippen LogP contribution in [0, 0.1) is 11.8 Å².